The van der Waals surface area contributed by atoms with E-state index in [1.807, 2.05) is 6.07 Å². The van der Waals surface area contributed by atoms with E-state index in [0.717, 1.165) is 30.0 Å². The Morgan fingerprint density at radius 2 is 1.85 bits per heavy atom. The fourth-order valence-corrected chi connectivity index (χ4v) is 4.23. The fraction of sp³-hybridized carbons (Fsp3) is 0.350. The van der Waals surface area contributed by atoms with Crippen LogP contribution >= 0.6 is 0 Å². The Hall–Kier alpha value is -2.93. The summed E-state index contributed by atoms with van der Waals surface area (Å²) in [5, 5.41) is 9.77. The first kappa shape index (κ1) is 16.3. The quantitative estimate of drug-likeness (QED) is 0.845. The van der Waals surface area contributed by atoms with E-state index in [1.165, 1.54) is 16.0 Å². The number of hydrogen-bond acceptors (Lipinski definition) is 5. The third kappa shape index (κ3) is 2.57. The summed E-state index contributed by atoms with van der Waals surface area (Å²) in [6, 6.07) is 7.88. The molecule has 0 aliphatic carbocycles. The summed E-state index contributed by atoms with van der Waals surface area (Å²) in [6.07, 6.45) is 1.55. The van der Waals surface area contributed by atoms with E-state index < -0.39 is 5.97 Å². The summed E-state index contributed by atoms with van der Waals surface area (Å²) in [4.78, 5) is 13.3. The van der Waals surface area contributed by atoms with Gasteiger partial charge in [-0.25, -0.2) is 4.79 Å². The number of carbonyl (C=O) groups is 1. The van der Waals surface area contributed by atoms with Gasteiger partial charge < -0.3 is 29.0 Å². The van der Waals surface area contributed by atoms with Crippen molar-refractivity contribution in [3.63, 3.8) is 0 Å². The summed E-state index contributed by atoms with van der Waals surface area (Å²) in [5.74, 6) is 1.38. The third-order valence-corrected chi connectivity index (χ3v) is 5.66. The van der Waals surface area contributed by atoms with Crippen LogP contribution in [0.2, 0.25) is 0 Å². The van der Waals surface area contributed by atoms with E-state index in [9.17, 15) is 9.90 Å². The van der Waals surface area contributed by atoms with Gasteiger partial charge >= 0.3 is 5.97 Å². The first-order valence-corrected chi connectivity index (χ1v) is 9.01. The van der Waals surface area contributed by atoms with Crippen LogP contribution in [0.5, 0.6) is 23.0 Å². The molecule has 3 aliphatic heterocycles. The van der Waals surface area contributed by atoms with Crippen LogP contribution in [-0.4, -0.2) is 38.3 Å². The SMILES string of the molecule is C[NH+]1CCc2cc3c(cc2C1Cc1ccc2c(c1C(=O)O)OCO2)OCO3. The molecule has 140 valence electrons. The molecule has 0 saturated carbocycles. The van der Waals surface area contributed by atoms with Crippen molar-refractivity contribution >= 4 is 5.97 Å². The standard InChI is InChI=1S/C20H19NO6/c1-21-5-4-11-7-16-17(26-9-25-16)8-13(11)14(21)6-12-2-3-15-19(27-10-24-15)18(12)20(22)23/h2-3,7-8,14H,4-6,9-10H2,1H3,(H,22,23)/p+1. The highest BCUT2D eigenvalue weighted by molar-refractivity contribution is 5.94. The molecule has 2 aromatic carbocycles. The second-order valence-electron chi connectivity index (χ2n) is 7.15. The van der Waals surface area contributed by atoms with Crippen molar-refractivity contribution in [2.75, 3.05) is 27.2 Å². The minimum Gasteiger partial charge on any atom is -0.478 e. The monoisotopic (exact) mass is 370 g/mol. The molecule has 0 aromatic heterocycles. The second-order valence-corrected chi connectivity index (χ2v) is 7.15. The van der Waals surface area contributed by atoms with Gasteiger partial charge in [-0.3, -0.25) is 0 Å². The third-order valence-electron chi connectivity index (χ3n) is 5.66. The van der Waals surface area contributed by atoms with Crippen molar-refractivity contribution in [2.45, 2.75) is 18.9 Å². The van der Waals surface area contributed by atoms with Gasteiger partial charge in [-0.2, -0.15) is 0 Å². The Labute approximate surface area is 156 Å². The van der Waals surface area contributed by atoms with Crippen molar-refractivity contribution < 1.29 is 33.7 Å². The maximum Gasteiger partial charge on any atom is 0.339 e. The molecule has 0 spiro atoms. The van der Waals surface area contributed by atoms with Crippen LogP contribution < -0.4 is 23.8 Å². The Bertz CT molecular complexity index is 941. The number of likely N-dealkylation sites (N-methyl/N-ethyl adjacent to an activating group) is 1. The van der Waals surface area contributed by atoms with E-state index in [-0.39, 0.29) is 25.2 Å². The zero-order valence-electron chi connectivity index (χ0n) is 14.9. The van der Waals surface area contributed by atoms with Gasteiger partial charge in [0.15, 0.2) is 23.0 Å². The topological polar surface area (TPSA) is 78.7 Å². The molecule has 2 atom stereocenters. The van der Waals surface area contributed by atoms with Crippen LogP contribution in [0.3, 0.4) is 0 Å². The first-order chi connectivity index (χ1) is 13.1. The van der Waals surface area contributed by atoms with Gasteiger partial charge in [-0.1, -0.05) is 6.07 Å². The van der Waals surface area contributed by atoms with E-state index >= 15 is 0 Å². The lowest BCUT2D eigenvalue weighted by atomic mass is 9.87. The molecular weight excluding hydrogens is 350 g/mol. The molecule has 27 heavy (non-hydrogen) atoms. The maximum absolute atomic E-state index is 11.9. The molecule has 0 bridgehead atoms. The largest absolute Gasteiger partial charge is 0.478 e. The Kier molecular flexibility index (Phi) is 3.65. The minimum absolute atomic E-state index is 0.0555. The van der Waals surface area contributed by atoms with Crippen LogP contribution in [0.25, 0.3) is 0 Å². The lowest BCUT2D eigenvalue weighted by Gasteiger charge is -2.32. The van der Waals surface area contributed by atoms with Crippen molar-refractivity contribution in [3.05, 3.63) is 46.5 Å². The zero-order chi connectivity index (χ0) is 18.5. The number of fused-ring (bicyclic) bond motifs is 3. The predicted octanol–water partition coefficient (Wildman–Crippen LogP) is 1.20. The number of quaternary nitrogens is 1. The van der Waals surface area contributed by atoms with E-state index in [2.05, 4.69) is 19.2 Å². The molecule has 2 unspecified atom stereocenters. The average molecular weight is 370 g/mol. The number of aromatic carboxylic acids is 1. The van der Waals surface area contributed by atoms with Crippen LogP contribution in [0.1, 0.15) is 33.1 Å². The maximum atomic E-state index is 11.9. The van der Waals surface area contributed by atoms with Gasteiger partial charge in [0.05, 0.1) is 13.6 Å². The molecule has 7 heteroatoms. The molecule has 3 aliphatic rings. The number of hydrogen-bond donors (Lipinski definition) is 2. The van der Waals surface area contributed by atoms with Gasteiger partial charge in [0.25, 0.3) is 0 Å². The first-order valence-electron chi connectivity index (χ1n) is 9.01. The average Bonchev–Trinajstić information content (AvgIpc) is 3.30. The molecule has 5 rings (SSSR count). The van der Waals surface area contributed by atoms with Crippen LogP contribution in [0.15, 0.2) is 24.3 Å². The molecule has 0 radical (unpaired) electrons. The van der Waals surface area contributed by atoms with Gasteiger partial charge in [0, 0.05) is 18.4 Å². The number of nitrogens with one attached hydrogen (secondary N) is 1. The zero-order valence-corrected chi connectivity index (χ0v) is 14.9. The summed E-state index contributed by atoms with van der Waals surface area (Å²) in [6.45, 7) is 1.28. The summed E-state index contributed by atoms with van der Waals surface area (Å²) < 4.78 is 21.8. The van der Waals surface area contributed by atoms with E-state index in [1.54, 1.807) is 6.07 Å². The fourth-order valence-electron chi connectivity index (χ4n) is 4.23. The highest BCUT2D eigenvalue weighted by Crippen LogP contribution is 2.41. The van der Waals surface area contributed by atoms with Crippen molar-refractivity contribution in [3.8, 4) is 23.0 Å². The van der Waals surface area contributed by atoms with Crippen LogP contribution in [-0.2, 0) is 12.8 Å². The van der Waals surface area contributed by atoms with E-state index in [4.69, 9.17) is 18.9 Å². The lowest BCUT2D eigenvalue weighted by Crippen LogP contribution is -3.10. The molecule has 0 amide bonds. The van der Waals surface area contributed by atoms with Crippen molar-refractivity contribution in [2.24, 2.45) is 0 Å². The minimum atomic E-state index is -0.994. The Morgan fingerprint density at radius 1 is 1.11 bits per heavy atom. The number of ether oxygens (including phenoxy) is 4. The lowest BCUT2D eigenvalue weighted by molar-refractivity contribution is -0.914. The van der Waals surface area contributed by atoms with Gasteiger partial charge in [0.1, 0.15) is 11.6 Å². The van der Waals surface area contributed by atoms with Crippen LogP contribution in [0, 0.1) is 0 Å². The molecular formula is C20H20NO6+. The highest BCUT2D eigenvalue weighted by Gasteiger charge is 2.34. The predicted molar refractivity (Wildman–Crippen MR) is 94.0 cm³/mol. The van der Waals surface area contributed by atoms with Gasteiger partial charge in [-0.05, 0) is 29.3 Å². The summed E-state index contributed by atoms with van der Waals surface area (Å²) >= 11 is 0. The molecule has 0 saturated heterocycles. The summed E-state index contributed by atoms with van der Waals surface area (Å²) in [7, 11) is 2.14. The van der Waals surface area contributed by atoms with Crippen molar-refractivity contribution in [1.82, 2.24) is 0 Å². The number of carboxylic acid groups (broad SMARTS) is 1. The molecule has 2 N–H and O–H groups in total. The van der Waals surface area contributed by atoms with Crippen molar-refractivity contribution in [1.29, 1.82) is 0 Å². The van der Waals surface area contributed by atoms with Crippen LogP contribution in [0.4, 0.5) is 0 Å². The number of rotatable bonds is 3. The highest BCUT2D eigenvalue weighted by atomic mass is 16.7. The molecule has 7 nitrogen and oxygen atoms in total. The van der Waals surface area contributed by atoms with E-state index in [0.29, 0.717) is 17.9 Å². The smallest absolute Gasteiger partial charge is 0.339 e. The normalized spacial score (nSPS) is 21.8. The summed E-state index contributed by atoms with van der Waals surface area (Å²) in [5.41, 5.74) is 3.39. The second kappa shape index (κ2) is 6.06. The van der Waals surface area contributed by atoms with Gasteiger partial charge in [0.2, 0.25) is 13.6 Å². The van der Waals surface area contributed by atoms with Gasteiger partial charge in [-0.15, -0.1) is 0 Å². The number of benzene rings is 2. The molecule has 0 fully saturated rings. The molecule has 2 aromatic rings. The number of carboxylic acids is 1. The Morgan fingerprint density at radius 3 is 2.67 bits per heavy atom. The molecule has 3 heterocycles. The Balaban J connectivity index is 1.56.